The highest BCUT2D eigenvalue weighted by Crippen LogP contribution is 2.19. The first-order chi connectivity index (χ1) is 7.43. The molecule has 1 rings (SSSR count). The maximum atomic E-state index is 11.8. The fourth-order valence-electron chi connectivity index (χ4n) is 1.22. The number of amides is 1. The molecule has 0 aliphatic rings. The summed E-state index contributed by atoms with van der Waals surface area (Å²) in [5, 5.41) is 8.73. The van der Waals surface area contributed by atoms with Gasteiger partial charge in [-0.3, -0.25) is 9.59 Å². The zero-order chi connectivity index (χ0) is 12.3. The molecule has 0 saturated carbocycles. The Hall–Kier alpha value is -1.30. The third-order valence-electron chi connectivity index (χ3n) is 2.16. The Bertz CT molecular complexity index is 401. The molecule has 1 heterocycles. The van der Waals surface area contributed by atoms with E-state index in [1.54, 1.807) is 14.0 Å². The molecule has 0 saturated heterocycles. The van der Waals surface area contributed by atoms with Crippen LogP contribution in [0.3, 0.4) is 0 Å². The van der Waals surface area contributed by atoms with Crippen molar-refractivity contribution in [2.24, 2.45) is 5.92 Å². The molecule has 0 aliphatic heterocycles. The van der Waals surface area contributed by atoms with Crippen molar-refractivity contribution >= 4 is 27.8 Å². The van der Waals surface area contributed by atoms with E-state index in [1.165, 1.54) is 17.2 Å². The second-order valence-electron chi connectivity index (χ2n) is 3.53. The van der Waals surface area contributed by atoms with Crippen LogP contribution in [0, 0.1) is 5.92 Å². The van der Waals surface area contributed by atoms with E-state index in [1.807, 2.05) is 0 Å². The Morgan fingerprint density at radius 1 is 1.62 bits per heavy atom. The summed E-state index contributed by atoms with van der Waals surface area (Å²) in [7, 11) is 1.56. The lowest BCUT2D eigenvalue weighted by molar-refractivity contribution is -0.141. The van der Waals surface area contributed by atoms with Gasteiger partial charge in [0.1, 0.15) is 0 Å². The fraction of sp³-hybridized carbons (Fsp3) is 0.400. The number of hydrogen-bond donors (Lipinski definition) is 1. The van der Waals surface area contributed by atoms with Crippen molar-refractivity contribution in [3.63, 3.8) is 0 Å². The molecule has 0 spiro atoms. The molecule has 1 amide bonds. The van der Waals surface area contributed by atoms with Gasteiger partial charge in [-0.1, -0.05) is 6.92 Å². The van der Waals surface area contributed by atoms with Gasteiger partial charge in [0.25, 0.3) is 5.91 Å². The molecule has 1 aromatic rings. The maximum Gasteiger partial charge on any atom is 0.308 e. The van der Waals surface area contributed by atoms with Gasteiger partial charge in [0.05, 0.1) is 17.7 Å². The summed E-state index contributed by atoms with van der Waals surface area (Å²) in [5.74, 6) is -1.79. The Labute approximate surface area is 101 Å². The summed E-state index contributed by atoms with van der Waals surface area (Å²) in [4.78, 5) is 23.8. The van der Waals surface area contributed by atoms with E-state index in [0.29, 0.717) is 10.2 Å². The van der Waals surface area contributed by atoms with Crippen LogP contribution in [0.25, 0.3) is 0 Å². The van der Waals surface area contributed by atoms with Crippen molar-refractivity contribution in [1.82, 2.24) is 4.90 Å². The number of furan rings is 1. The number of aliphatic carboxylic acids is 1. The minimum absolute atomic E-state index is 0.159. The number of halogens is 1. The van der Waals surface area contributed by atoms with Crippen molar-refractivity contribution in [2.75, 3.05) is 13.6 Å². The van der Waals surface area contributed by atoms with Crippen LogP contribution >= 0.6 is 15.9 Å². The van der Waals surface area contributed by atoms with Crippen LogP contribution in [0.2, 0.25) is 0 Å². The van der Waals surface area contributed by atoms with E-state index in [2.05, 4.69) is 15.9 Å². The molecular formula is C10H12BrNO4. The maximum absolute atomic E-state index is 11.8. The van der Waals surface area contributed by atoms with Crippen molar-refractivity contribution in [3.8, 4) is 0 Å². The Balaban J connectivity index is 2.69. The second kappa shape index (κ2) is 5.16. The Morgan fingerprint density at radius 3 is 2.69 bits per heavy atom. The van der Waals surface area contributed by atoms with E-state index >= 15 is 0 Å². The highest BCUT2D eigenvalue weighted by atomic mass is 79.9. The smallest absolute Gasteiger partial charge is 0.308 e. The average Bonchev–Trinajstić information content (AvgIpc) is 2.62. The van der Waals surface area contributed by atoms with E-state index in [4.69, 9.17) is 9.52 Å². The van der Waals surface area contributed by atoms with Gasteiger partial charge in [0, 0.05) is 13.6 Å². The van der Waals surface area contributed by atoms with Gasteiger partial charge in [0.15, 0.2) is 4.67 Å². The zero-order valence-electron chi connectivity index (χ0n) is 8.94. The molecule has 0 fully saturated rings. The molecule has 0 aromatic carbocycles. The summed E-state index contributed by atoms with van der Waals surface area (Å²) in [6, 6.07) is 1.54. The lowest BCUT2D eigenvalue weighted by Crippen LogP contribution is -2.33. The first-order valence-corrected chi connectivity index (χ1v) is 5.44. The van der Waals surface area contributed by atoms with E-state index in [9.17, 15) is 9.59 Å². The van der Waals surface area contributed by atoms with Crippen molar-refractivity contribution in [2.45, 2.75) is 6.92 Å². The van der Waals surface area contributed by atoms with Gasteiger partial charge in [-0.05, 0) is 22.0 Å². The second-order valence-corrected chi connectivity index (χ2v) is 4.25. The third kappa shape index (κ3) is 2.85. The minimum Gasteiger partial charge on any atom is -0.481 e. The molecule has 1 atom stereocenters. The molecule has 1 N–H and O–H groups in total. The number of carboxylic acids is 1. The standard InChI is InChI=1S/C10H12BrNO4/c1-6(10(14)15)5-12(2)9(13)7-3-4-16-8(7)11/h3-4,6H,5H2,1-2H3,(H,14,15). The predicted molar refractivity (Wildman–Crippen MR) is 60.2 cm³/mol. The van der Waals surface area contributed by atoms with Crippen LogP contribution in [0.1, 0.15) is 17.3 Å². The fourth-order valence-corrected chi connectivity index (χ4v) is 1.63. The average molecular weight is 290 g/mol. The lowest BCUT2D eigenvalue weighted by Gasteiger charge is -2.18. The van der Waals surface area contributed by atoms with Gasteiger partial charge in [-0.25, -0.2) is 0 Å². The molecule has 5 nitrogen and oxygen atoms in total. The molecule has 1 aromatic heterocycles. The van der Waals surface area contributed by atoms with Crippen LogP contribution < -0.4 is 0 Å². The van der Waals surface area contributed by atoms with Crippen LogP contribution in [0.4, 0.5) is 0 Å². The molecule has 6 heteroatoms. The highest BCUT2D eigenvalue weighted by Gasteiger charge is 2.21. The van der Waals surface area contributed by atoms with Gasteiger partial charge in [-0.2, -0.15) is 0 Å². The predicted octanol–water partition coefficient (Wildman–Crippen LogP) is 1.83. The summed E-state index contributed by atoms with van der Waals surface area (Å²) < 4.78 is 5.30. The van der Waals surface area contributed by atoms with Gasteiger partial charge >= 0.3 is 5.97 Å². The quantitative estimate of drug-likeness (QED) is 0.918. The minimum atomic E-state index is -0.925. The monoisotopic (exact) mass is 289 g/mol. The summed E-state index contributed by atoms with van der Waals surface area (Å²) in [6.45, 7) is 1.71. The largest absolute Gasteiger partial charge is 0.481 e. The number of carboxylic acid groups (broad SMARTS) is 1. The SMILES string of the molecule is CC(CN(C)C(=O)c1ccoc1Br)C(=O)O. The Morgan fingerprint density at radius 2 is 2.25 bits per heavy atom. The van der Waals surface area contributed by atoms with Crippen LogP contribution in [0.5, 0.6) is 0 Å². The summed E-state index contributed by atoms with van der Waals surface area (Å²) >= 11 is 3.10. The number of carbonyl (C=O) groups excluding carboxylic acids is 1. The number of carbonyl (C=O) groups is 2. The summed E-state index contributed by atoms with van der Waals surface area (Å²) in [5.41, 5.74) is 0.389. The third-order valence-corrected chi connectivity index (χ3v) is 2.78. The molecule has 0 bridgehead atoms. The highest BCUT2D eigenvalue weighted by molar-refractivity contribution is 9.10. The Kier molecular flexibility index (Phi) is 4.12. The van der Waals surface area contributed by atoms with E-state index < -0.39 is 11.9 Å². The number of nitrogens with zero attached hydrogens (tertiary/aromatic N) is 1. The normalized spacial score (nSPS) is 12.2. The molecular weight excluding hydrogens is 278 g/mol. The van der Waals surface area contributed by atoms with E-state index in [0.717, 1.165) is 0 Å². The van der Waals surface area contributed by atoms with Gasteiger partial charge in [-0.15, -0.1) is 0 Å². The first kappa shape index (κ1) is 12.8. The van der Waals surface area contributed by atoms with Crippen LogP contribution in [-0.4, -0.2) is 35.5 Å². The van der Waals surface area contributed by atoms with Crippen molar-refractivity contribution < 1.29 is 19.1 Å². The topological polar surface area (TPSA) is 70.8 Å². The lowest BCUT2D eigenvalue weighted by atomic mass is 10.1. The van der Waals surface area contributed by atoms with Crippen molar-refractivity contribution in [3.05, 3.63) is 22.6 Å². The first-order valence-electron chi connectivity index (χ1n) is 4.64. The molecule has 16 heavy (non-hydrogen) atoms. The molecule has 88 valence electrons. The zero-order valence-corrected chi connectivity index (χ0v) is 10.5. The number of hydrogen-bond acceptors (Lipinski definition) is 3. The van der Waals surface area contributed by atoms with Crippen molar-refractivity contribution in [1.29, 1.82) is 0 Å². The summed E-state index contributed by atoms with van der Waals surface area (Å²) in [6.07, 6.45) is 1.39. The van der Waals surface area contributed by atoms with Gasteiger partial charge < -0.3 is 14.4 Å². The molecule has 0 radical (unpaired) electrons. The van der Waals surface area contributed by atoms with Crippen LogP contribution in [0.15, 0.2) is 21.4 Å². The molecule has 0 aliphatic carbocycles. The van der Waals surface area contributed by atoms with Crippen LogP contribution in [-0.2, 0) is 4.79 Å². The van der Waals surface area contributed by atoms with Gasteiger partial charge in [0.2, 0.25) is 0 Å². The number of rotatable bonds is 4. The molecule has 1 unspecified atom stereocenters. The van der Waals surface area contributed by atoms with E-state index in [-0.39, 0.29) is 12.5 Å².